The number of allylic oxidation sites excluding steroid dienone is 3. The van der Waals surface area contributed by atoms with Crippen LogP contribution in [0.5, 0.6) is 0 Å². The van der Waals surface area contributed by atoms with Gasteiger partial charge in [0, 0.05) is 29.7 Å². The van der Waals surface area contributed by atoms with Crippen LogP contribution < -0.4 is 5.32 Å². The normalized spacial score (nSPS) is 24.0. The molecule has 25 heavy (non-hydrogen) atoms. The Balaban J connectivity index is 1.57. The molecule has 1 aromatic rings. The number of hydrogen-bond acceptors (Lipinski definition) is 4. The highest BCUT2D eigenvalue weighted by Crippen LogP contribution is 2.40. The van der Waals surface area contributed by atoms with Gasteiger partial charge >= 0.3 is 0 Å². The molecule has 3 aliphatic rings. The molecule has 1 atom stereocenters. The number of fused-ring (bicyclic) bond motifs is 1. The fourth-order valence-electron chi connectivity index (χ4n) is 3.14. The van der Waals surface area contributed by atoms with Crippen LogP contribution in [0.25, 0.3) is 0 Å². The van der Waals surface area contributed by atoms with Gasteiger partial charge in [0.05, 0.1) is 5.71 Å². The van der Waals surface area contributed by atoms with Gasteiger partial charge in [0.1, 0.15) is 5.76 Å². The van der Waals surface area contributed by atoms with E-state index in [0.717, 1.165) is 29.9 Å². The van der Waals surface area contributed by atoms with Crippen molar-refractivity contribution < 1.29 is 14.1 Å². The molecule has 1 unspecified atom stereocenters. The molecule has 0 radical (unpaired) electrons. The Kier molecular flexibility index (Phi) is 3.75. The summed E-state index contributed by atoms with van der Waals surface area (Å²) < 4.78 is 5.20. The van der Waals surface area contributed by atoms with E-state index in [2.05, 4.69) is 29.3 Å². The highest BCUT2D eigenvalue weighted by molar-refractivity contribution is 6.13. The van der Waals surface area contributed by atoms with E-state index < -0.39 is 5.91 Å². The summed E-state index contributed by atoms with van der Waals surface area (Å²) in [4.78, 5) is 28.3. The molecule has 2 heterocycles. The van der Waals surface area contributed by atoms with Crippen molar-refractivity contribution in [3.05, 3.63) is 53.1 Å². The molecule has 0 saturated heterocycles. The number of carbonyl (C=O) groups excluding carboxylic acids is 2. The number of carbonyl (C=O) groups is 2. The van der Waals surface area contributed by atoms with Gasteiger partial charge in [-0.3, -0.25) is 9.59 Å². The summed E-state index contributed by atoms with van der Waals surface area (Å²) in [6.07, 6.45) is 9.33. The first-order valence-corrected chi connectivity index (χ1v) is 8.53. The summed E-state index contributed by atoms with van der Waals surface area (Å²) in [5, 5.41) is 6.66. The summed E-state index contributed by atoms with van der Waals surface area (Å²) in [6.45, 7) is 4.12. The number of nitrogens with one attached hydrogen (secondary N) is 1. The van der Waals surface area contributed by atoms with Crippen molar-refractivity contribution in [2.24, 2.45) is 16.8 Å². The monoisotopic (exact) mass is 337 g/mol. The third kappa shape index (κ3) is 3.12. The molecule has 6 nitrogen and oxygen atoms in total. The molecule has 0 aromatic carbocycles. The molecule has 1 saturated carbocycles. The lowest BCUT2D eigenvalue weighted by molar-refractivity contribution is -0.116. The lowest BCUT2D eigenvalue weighted by Crippen LogP contribution is -2.34. The predicted molar refractivity (Wildman–Crippen MR) is 92.0 cm³/mol. The van der Waals surface area contributed by atoms with Gasteiger partial charge in [0.2, 0.25) is 5.91 Å². The lowest BCUT2D eigenvalue weighted by atomic mass is 9.82. The molecule has 1 aliphatic heterocycles. The third-order valence-electron chi connectivity index (χ3n) is 4.65. The minimum absolute atomic E-state index is 0.0280. The Labute approximate surface area is 145 Å². The van der Waals surface area contributed by atoms with E-state index in [-0.39, 0.29) is 23.4 Å². The van der Waals surface area contributed by atoms with Crippen LogP contribution in [0, 0.1) is 11.8 Å². The van der Waals surface area contributed by atoms with E-state index in [0.29, 0.717) is 11.6 Å². The summed E-state index contributed by atoms with van der Waals surface area (Å²) in [6, 6.07) is 1.68. The van der Waals surface area contributed by atoms with Gasteiger partial charge in [-0.15, -0.1) is 0 Å². The minimum atomic E-state index is -0.438. The average Bonchev–Trinajstić information content (AvgIpc) is 3.30. The van der Waals surface area contributed by atoms with E-state index in [9.17, 15) is 9.59 Å². The fourth-order valence-corrected chi connectivity index (χ4v) is 3.14. The second-order valence-corrected chi connectivity index (χ2v) is 6.96. The molecule has 1 aromatic heterocycles. The largest absolute Gasteiger partial charge is 0.360 e. The Morgan fingerprint density at radius 2 is 2.16 bits per heavy atom. The molecular weight excluding hydrogens is 318 g/mol. The lowest BCUT2D eigenvalue weighted by Gasteiger charge is -2.29. The maximum Gasteiger partial charge on any atom is 0.299 e. The van der Waals surface area contributed by atoms with Crippen molar-refractivity contribution in [3.8, 4) is 0 Å². The van der Waals surface area contributed by atoms with Crippen LogP contribution in [-0.4, -0.2) is 22.7 Å². The first kappa shape index (κ1) is 15.7. The zero-order valence-corrected chi connectivity index (χ0v) is 14.2. The van der Waals surface area contributed by atoms with Crippen molar-refractivity contribution in [1.82, 2.24) is 10.5 Å². The van der Waals surface area contributed by atoms with Gasteiger partial charge in [-0.05, 0) is 36.5 Å². The second kappa shape index (κ2) is 5.95. The van der Waals surface area contributed by atoms with Gasteiger partial charge in [-0.25, -0.2) is 4.99 Å². The average molecular weight is 337 g/mol. The summed E-state index contributed by atoms with van der Waals surface area (Å²) in [7, 11) is 0. The van der Waals surface area contributed by atoms with Crippen LogP contribution >= 0.6 is 0 Å². The zero-order chi connectivity index (χ0) is 17.6. The molecule has 2 amide bonds. The quantitative estimate of drug-likeness (QED) is 0.919. The van der Waals surface area contributed by atoms with Gasteiger partial charge < -0.3 is 9.84 Å². The topological polar surface area (TPSA) is 84.6 Å². The van der Waals surface area contributed by atoms with Gasteiger partial charge in [0.25, 0.3) is 5.91 Å². The number of amides is 2. The van der Waals surface area contributed by atoms with Gasteiger partial charge in [-0.1, -0.05) is 25.1 Å². The van der Waals surface area contributed by atoms with Crippen molar-refractivity contribution in [1.29, 1.82) is 0 Å². The summed E-state index contributed by atoms with van der Waals surface area (Å²) in [5.74, 6) is 0.871. The molecule has 0 bridgehead atoms. The Bertz CT molecular complexity index is 866. The van der Waals surface area contributed by atoms with Crippen LogP contribution in [0.2, 0.25) is 0 Å². The number of nitrogens with zero attached hydrogens (tertiary/aromatic N) is 2. The van der Waals surface area contributed by atoms with E-state index >= 15 is 0 Å². The Morgan fingerprint density at radius 1 is 1.36 bits per heavy atom. The molecule has 2 aliphatic carbocycles. The maximum atomic E-state index is 12.3. The maximum absolute atomic E-state index is 12.3. The first-order chi connectivity index (χ1) is 12.0. The zero-order valence-electron chi connectivity index (χ0n) is 14.2. The Hall–Kier alpha value is -2.76. The molecular formula is C19H19N3O3. The predicted octanol–water partition coefficient (Wildman–Crippen LogP) is 2.92. The first-order valence-electron chi connectivity index (χ1n) is 8.53. The third-order valence-corrected chi connectivity index (χ3v) is 4.65. The number of rotatable bonds is 3. The van der Waals surface area contributed by atoms with Crippen molar-refractivity contribution >= 4 is 17.5 Å². The molecule has 128 valence electrons. The fraction of sp³-hybridized carbons (Fsp3) is 0.368. The molecule has 4 rings (SSSR count). The molecule has 0 spiro atoms. The van der Waals surface area contributed by atoms with Crippen LogP contribution in [0.1, 0.15) is 48.9 Å². The van der Waals surface area contributed by atoms with E-state index in [4.69, 9.17) is 4.52 Å². The summed E-state index contributed by atoms with van der Waals surface area (Å²) >= 11 is 0. The Morgan fingerprint density at radius 3 is 2.88 bits per heavy atom. The van der Waals surface area contributed by atoms with E-state index in [1.807, 2.05) is 12.2 Å². The van der Waals surface area contributed by atoms with Crippen LogP contribution in [0.3, 0.4) is 0 Å². The summed E-state index contributed by atoms with van der Waals surface area (Å²) in [5.41, 5.74) is 2.53. The number of hydrogen-bond donors (Lipinski definition) is 1. The number of aromatic nitrogens is 1. The smallest absolute Gasteiger partial charge is 0.299 e. The number of aliphatic imine (C=N–C) groups is 1. The minimum Gasteiger partial charge on any atom is -0.360 e. The standard InChI is InChI=1S/C19H19N3O3/c1-10(2)14-8-18(23)21-15-7-12(5-6-13(14)15)20-19(24)16-9-17(25-22-16)11-3-4-11/h5-11,13H,3-4H2,1-2H3,(H,21,23). The molecule has 1 fully saturated rings. The molecule has 1 N–H and O–H groups in total. The van der Waals surface area contributed by atoms with Gasteiger partial charge in [0.15, 0.2) is 5.69 Å². The highest BCUT2D eigenvalue weighted by Gasteiger charge is 2.30. The van der Waals surface area contributed by atoms with Crippen LogP contribution in [0.15, 0.2) is 51.2 Å². The van der Waals surface area contributed by atoms with Crippen LogP contribution in [-0.2, 0) is 4.79 Å². The van der Waals surface area contributed by atoms with Crippen molar-refractivity contribution in [2.45, 2.75) is 32.6 Å². The SMILES string of the molecule is CC(C)C1=CC(=O)NC2=CC(=NC(=O)c3cc(C4CC4)on3)C=CC21. The van der Waals surface area contributed by atoms with Crippen molar-refractivity contribution in [3.63, 3.8) is 0 Å². The van der Waals surface area contributed by atoms with Gasteiger partial charge in [-0.2, -0.15) is 0 Å². The highest BCUT2D eigenvalue weighted by atomic mass is 16.5. The van der Waals surface area contributed by atoms with E-state index in [1.54, 1.807) is 18.2 Å². The second-order valence-electron chi connectivity index (χ2n) is 6.96. The van der Waals surface area contributed by atoms with Crippen LogP contribution in [0.4, 0.5) is 0 Å². The molecule has 6 heteroatoms. The van der Waals surface area contributed by atoms with E-state index in [1.165, 1.54) is 0 Å². The van der Waals surface area contributed by atoms with Crippen molar-refractivity contribution in [2.75, 3.05) is 0 Å².